The van der Waals surface area contributed by atoms with Crippen molar-refractivity contribution in [2.75, 3.05) is 7.11 Å². The average molecular weight is 219 g/mol. The quantitative estimate of drug-likeness (QED) is 0.712. The number of hydrogen-bond donors (Lipinski definition) is 0. The molecule has 1 aromatic carbocycles. The zero-order valence-corrected chi connectivity index (χ0v) is 9.99. The second kappa shape index (κ2) is 3.91. The molecule has 0 aromatic heterocycles. The molecule has 0 radical (unpaired) electrons. The van der Waals surface area contributed by atoms with Gasteiger partial charge in [0.2, 0.25) is 0 Å². The maximum atomic E-state index is 11.7. The summed E-state index contributed by atoms with van der Waals surface area (Å²) in [6.45, 7) is 5.45. The Kier molecular flexibility index (Phi) is 2.72. The maximum Gasteiger partial charge on any atom is 0.325 e. The molecule has 86 valence electrons. The normalized spacial score (nSPS) is 15.9. The van der Waals surface area contributed by atoms with Gasteiger partial charge in [0.15, 0.2) is 0 Å². The van der Waals surface area contributed by atoms with Gasteiger partial charge in [-0.05, 0) is 25.0 Å². The lowest BCUT2D eigenvalue weighted by atomic mass is 10.0. The molecule has 3 nitrogen and oxygen atoms in total. The molecular weight excluding hydrogens is 202 g/mol. The highest BCUT2D eigenvalue weighted by Gasteiger charge is 2.38. The molecule has 0 aliphatic carbocycles. The van der Waals surface area contributed by atoms with Gasteiger partial charge in [0.1, 0.15) is 5.54 Å². The zero-order valence-electron chi connectivity index (χ0n) is 9.99. The van der Waals surface area contributed by atoms with Gasteiger partial charge < -0.3 is 4.74 Å². The molecule has 0 amide bonds. The first-order valence-corrected chi connectivity index (χ1v) is 5.46. The van der Waals surface area contributed by atoms with E-state index in [-0.39, 0.29) is 5.97 Å². The number of rotatable bonds is 2. The third kappa shape index (κ3) is 1.71. The van der Waals surface area contributed by atoms with Crippen molar-refractivity contribution in [3.63, 3.8) is 0 Å². The molecule has 0 bridgehead atoms. The van der Waals surface area contributed by atoms with Crippen LogP contribution in [-0.4, -0.2) is 23.5 Å². The van der Waals surface area contributed by atoms with Crippen molar-refractivity contribution in [2.24, 2.45) is 0 Å². The van der Waals surface area contributed by atoms with Gasteiger partial charge in [-0.15, -0.1) is 0 Å². The van der Waals surface area contributed by atoms with E-state index in [0.717, 1.165) is 13.1 Å². The van der Waals surface area contributed by atoms with E-state index in [2.05, 4.69) is 17.0 Å². The Morgan fingerprint density at radius 3 is 2.19 bits per heavy atom. The molecule has 0 fully saturated rings. The van der Waals surface area contributed by atoms with Crippen LogP contribution in [0.2, 0.25) is 0 Å². The van der Waals surface area contributed by atoms with Crippen molar-refractivity contribution in [1.29, 1.82) is 0 Å². The summed E-state index contributed by atoms with van der Waals surface area (Å²) in [5, 5.41) is 0. The van der Waals surface area contributed by atoms with Crippen LogP contribution in [-0.2, 0) is 22.6 Å². The van der Waals surface area contributed by atoms with Crippen molar-refractivity contribution in [3.05, 3.63) is 35.4 Å². The number of benzene rings is 1. The molecule has 1 aromatic rings. The molecular formula is C13H17NO2. The van der Waals surface area contributed by atoms with E-state index in [4.69, 9.17) is 4.74 Å². The van der Waals surface area contributed by atoms with Crippen LogP contribution in [0, 0.1) is 0 Å². The lowest BCUT2D eigenvalue weighted by Crippen LogP contribution is -2.47. The molecule has 1 aliphatic heterocycles. The number of hydrogen-bond acceptors (Lipinski definition) is 3. The maximum absolute atomic E-state index is 11.7. The smallest absolute Gasteiger partial charge is 0.325 e. The highest BCUT2D eigenvalue weighted by molar-refractivity contribution is 5.79. The van der Waals surface area contributed by atoms with E-state index in [1.54, 1.807) is 0 Å². The highest BCUT2D eigenvalue weighted by Crippen LogP contribution is 2.29. The van der Waals surface area contributed by atoms with Crippen molar-refractivity contribution >= 4 is 5.97 Å². The van der Waals surface area contributed by atoms with Crippen LogP contribution >= 0.6 is 0 Å². The fourth-order valence-electron chi connectivity index (χ4n) is 2.11. The minimum absolute atomic E-state index is 0.180. The second-order valence-corrected chi connectivity index (χ2v) is 4.68. The number of carbonyl (C=O) groups excluding carboxylic acids is 1. The van der Waals surface area contributed by atoms with Crippen molar-refractivity contribution in [1.82, 2.24) is 4.90 Å². The average Bonchev–Trinajstić information content (AvgIpc) is 2.72. The fraction of sp³-hybridized carbons (Fsp3) is 0.462. The van der Waals surface area contributed by atoms with Crippen LogP contribution in [0.25, 0.3) is 0 Å². The van der Waals surface area contributed by atoms with Gasteiger partial charge >= 0.3 is 5.97 Å². The van der Waals surface area contributed by atoms with E-state index in [0.29, 0.717) is 0 Å². The van der Waals surface area contributed by atoms with Crippen molar-refractivity contribution in [3.8, 4) is 0 Å². The van der Waals surface area contributed by atoms with E-state index >= 15 is 0 Å². The van der Waals surface area contributed by atoms with Gasteiger partial charge in [-0.2, -0.15) is 0 Å². The number of esters is 1. The first-order chi connectivity index (χ1) is 7.55. The van der Waals surface area contributed by atoms with Gasteiger partial charge in [0.25, 0.3) is 0 Å². The summed E-state index contributed by atoms with van der Waals surface area (Å²) in [6, 6.07) is 8.30. The second-order valence-electron chi connectivity index (χ2n) is 4.68. The largest absolute Gasteiger partial charge is 0.468 e. The Labute approximate surface area is 96.0 Å². The lowest BCUT2D eigenvalue weighted by Gasteiger charge is -2.32. The summed E-state index contributed by atoms with van der Waals surface area (Å²) in [5.74, 6) is -0.180. The molecule has 1 aliphatic rings. The van der Waals surface area contributed by atoms with Crippen LogP contribution in [0.5, 0.6) is 0 Å². The molecule has 0 spiro atoms. The number of fused-ring (bicyclic) bond motifs is 1. The zero-order chi connectivity index (χ0) is 11.8. The number of ether oxygens (including phenoxy) is 1. The van der Waals surface area contributed by atoms with E-state index in [9.17, 15) is 4.79 Å². The summed E-state index contributed by atoms with van der Waals surface area (Å²) in [7, 11) is 1.44. The Hall–Kier alpha value is -1.35. The lowest BCUT2D eigenvalue weighted by molar-refractivity contribution is -0.153. The molecule has 0 N–H and O–H groups in total. The summed E-state index contributed by atoms with van der Waals surface area (Å²) < 4.78 is 4.85. The summed E-state index contributed by atoms with van der Waals surface area (Å²) in [6.07, 6.45) is 0. The summed E-state index contributed by atoms with van der Waals surface area (Å²) in [4.78, 5) is 13.9. The van der Waals surface area contributed by atoms with Gasteiger partial charge in [0.05, 0.1) is 7.11 Å². The monoisotopic (exact) mass is 219 g/mol. The summed E-state index contributed by atoms with van der Waals surface area (Å²) >= 11 is 0. The SMILES string of the molecule is COC(=O)C(C)(C)N1Cc2ccccc2C1. The van der Waals surface area contributed by atoms with E-state index in [1.165, 1.54) is 18.2 Å². The fourth-order valence-corrected chi connectivity index (χ4v) is 2.11. The molecule has 3 heteroatoms. The predicted molar refractivity (Wildman–Crippen MR) is 61.8 cm³/mol. The Balaban J connectivity index is 2.20. The molecule has 1 heterocycles. The van der Waals surface area contributed by atoms with Crippen LogP contribution < -0.4 is 0 Å². The minimum atomic E-state index is -0.562. The third-order valence-electron chi connectivity index (χ3n) is 3.32. The van der Waals surface area contributed by atoms with Crippen LogP contribution in [0.4, 0.5) is 0 Å². The van der Waals surface area contributed by atoms with Gasteiger partial charge in [-0.1, -0.05) is 24.3 Å². The number of methoxy groups -OCH3 is 1. The molecule has 16 heavy (non-hydrogen) atoms. The summed E-state index contributed by atoms with van der Waals surface area (Å²) in [5.41, 5.74) is 2.05. The van der Waals surface area contributed by atoms with Crippen molar-refractivity contribution in [2.45, 2.75) is 32.5 Å². The standard InChI is InChI=1S/C13H17NO2/c1-13(2,12(15)16-3)14-8-10-6-4-5-7-11(10)9-14/h4-7H,8-9H2,1-3H3. The predicted octanol–water partition coefficient (Wildman–Crippen LogP) is 1.95. The van der Waals surface area contributed by atoms with Gasteiger partial charge in [-0.3, -0.25) is 9.69 Å². The van der Waals surface area contributed by atoms with Crippen LogP contribution in [0.1, 0.15) is 25.0 Å². The van der Waals surface area contributed by atoms with Crippen molar-refractivity contribution < 1.29 is 9.53 Å². The number of nitrogens with zero attached hydrogens (tertiary/aromatic N) is 1. The molecule has 0 saturated heterocycles. The first-order valence-electron chi connectivity index (χ1n) is 5.46. The van der Waals surface area contributed by atoms with Crippen LogP contribution in [0.3, 0.4) is 0 Å². The Morgan fingerprint density at radius 1 is 1.25 bits per heavy atom. The molecule has 0 unspecified atom stereocenters. The first kappa shape index (κ1) is 11.1. The molecule has 0 saturated carbocycles. The Morgan fingerprint density at radius 2 is 1.75 bits per heavy atom. The molecule has 2 rings (SSSR count). The third-order valence-corrected chi connectivity index (χ3v) is 3.32. The van der Waals surface area contributed by atoms with Gasteiger partial charge in [-0.25, -0.2) is 0 Å². The van der Waals surface area contributed by atoms with E-state index < -0.39 is 5.54 Å². The van der Waals surface area contributed by atoms with Gasteiger partial charge in [0, 0.05) is 13.1 Å². The van der Waals surface area contributed by atoms with Crippen LogP contribution in [0.15, 0.2) is 24.3 Å². The highest BCUT2D eigenvalue weighted by atomic mass is 16.5. The number of carbonyl (C=O) groups is 1. The molecule has 0 atom stereocenters. The topological polar surface area (TPSA) is 29.5 Å². The van der Waals surface area contributed by atoms with E-state index in [1.807, 2.05) is 26.0 Å². The Bertz CT molecular complexity index is 387. The minimum Gasteiger partial charge on any atom is -0.468 e.